The number of hydrogen-bond donors (Lipinski definition) is 2. The summed E-state index contributed by atoms with van der Waals surface area (Å²) in [6.07, 6.45) is 0. The van der Waals surface area contributed by atoms with E-state index in [1.807, 2.05) is 0 Å². The third-order valence-electron chi connectivity index (χ3n) is 4.42. The van der Waals surface area contributed by atoms with Crippen LogP contribution in [0, 0.1) is 0 Å². The Morgan fingerprint density at radius 3 is 1.06 bits per heavy atom. The summed E-state index contributed by atoms with van der Waals surface area (Å²) in [6.45, 7) is 0. The summed E-state index contributed by atoms with van der Waals surface area (Å²) in [5.41, 5.74) is 0. The maximum atomic E-state index is 12.2. The zero-order valence-electron chi connectivity index (χ0n) is 16.7. The summed E-state index contributed by atoms with van der Waals surface area (Å²) in [6, 6.07) is 28.1. The lowest BCUT2D eigenvalue weighted by Gasteiger charge is -2.07. The van der Waals surface area contributed by atoms with Gasteiger partial charge >= 0.3 is 0 Å². The highest BCUT2D eigenvalue weighted by Gasteiger charge is 2.23. The van der Waals surface area contributed by atoms with E-state index in [0.717, 1.165) is 0 Å². The molecule has 4 rings (SSSR count). The standard InChI is InChI=1S/C12H10O4S.C12H10O2S/c13-9-5-1-3-7-11(9)17(15,16)12-8-4-2-6-10(12)14;13-15(14,11-7-3-1-4-8-11)12-9-5-2-6-10-12/h1-8,13-14H;1-10H. The minimum atomic E-state index is -3.90. The second kappa shape index (κ2) is 9.67. The van der Waals surface area contributed by atoms with Crippen LogP contribution in [-0.4, -0.2) is 27.0 Å². The van der Waals surface area contributed by atoms with E-state index in [9.17, 15) is 27.0 Å². The molecule has 0 amide bonds. The first kappa shape index (κ1) is 23.1. The third-order valence-corrected chi connectivity index (χ3v) is 8.05. The number of phenols is 2. The molecule has 0 bridgehead atoms. The lowest BCUT2D eigenvalue weighted by Crippen LogP contribution is -2.02. The van der Waals surface area contributed by atoms with Gasteiger partial charge in [0.1, 0.15) is 21.3 Å². The van der Waals surface area contributed by atoms with Crippen molar-refractivity contribution >= 4 is 19.7 Å². The zero-order valence-corrected chi connectivity index (χ0v) is 18.4. The molecule has 0 aliphatic heterocycles. The van der Waals surface area contributed by atoms with Crippen molar-refractivity contribution in [2.45, 2.75) is 19.6 Å². The van der Waals surface area contributed by atoms with Crippen LogP contribution in [0.15, 0.2) is 129 Å². The Morgan fingerprint density at radius 1 is 0.406 bits per heavy atom. The largest absolute Gasteiger partial charge is 0.507 e. The molecular weight excluding hydrogens is 448 g/mol. The van der Waals surface area contributed by atoms with E-state index in [-0.39, 0.29) is 21.3 Å². The molecule has 2 N–H and O–H groups in total. The lowest BCUT2D eigenvalue weighted by molar-refractivity contribution is 0.453. The molecule has 0 saturated heterocycles. The van der Waals surface area contributed by atoms with Crippen LogP contribution in [-0.2, 0) is 19.7 Å². The van der Waals surface area contributed by atoms with Gasteiger partial charge in [-0.2, -0.15) is 0 Å². The van der Waals surface area contributed by atoms with Gasteiger partial charge in [0.05, 0.1) is 9.79 Å². The first-order valence-corrected chi connectivity index (χ1v) is 12.4. The molecule has 0 spiro atoms. The van der Waals surface area contributed by atoms with Crippen molar-refractivity contribution in [2.75, 3.05) is 0 Å². The molecular formula is C24H20O6S2. The summed E-state index contributed by atoms with van der Waals surface area (Å²) in [5.74, 6) is -0.675. The lowest BCUT2D eigenvalue weighted by atomic mass is 10.3. The maximum Gasteiger partial charge on any atom is 0.213 e. The predicted octanol–water partition coefficient (Wildman–Crippen LogP) is 4.45. The number of benzene rings is 4. The fourth-order valence-corrected chi connectivity index (χ4v) is 5.56. The first-order valence-electron chi connectivity index (χ1n) is 9.41. The fraction of sp³-hybridized carbons (Fsp3) is 0. The minimum absolute atomic E-state index is 0.221. The van der Waals surface area contributed by atoms with Crippen LogP contribution in [0.3, 0.4) is 0 Å². The molecule has 0 atom stereocenters. The van der Waals surface area contributed by atoms with Crippen LogP contribution in [0.25, 0.3) is 0 Å². The van der Waals surface area contributed by atoms with E-state index in [1.165, 1.54) is 48.5 Å². The molecule has 32 heavy (non-hydrogen) atoms. The Labute approximate surface area is 186 Å². The van der Waals surface area contributed by atoms with Gasteiger partial charge in [0.15, 0.2) is 0 Å². The van der Waals surface area contributed by atoms with E-state index in [2.05, 4.69) is 0 Å². The average molecular weight is 469 g/mol. The van der Waals surface area contributed by atoms with Crippen LogP contribution in [0.5, 0.6) is 11.5 Å². The zero-order chi connectivity index (χ0) is 23.2. The highest BCUT2D eigenvalue weighted by molar-refractivity contribution is 7.92. The summed E-state index contributed by atoms with van der Waals surface area (Å²) >= 11 is 0. The number of hydrogen-bond acceptors (Lipinski definition) is 6. The van der Waals surface area contributed by atoms with Gasteiger partial charge in [0.2, 0.25) is 19.7 Å². The van der Waals surface area contributed by atoms with E-state index < -0.39 is 19.7 Å². The minimum Gasteiger partial charge on any atom is -0.507 e. The van der Waals surface area contributed by atoms with E-state index in [0.29, 0.717) is 9.79 Å². The molecule has 0 heterocycles. The quantitative estimate of drug-likeness (QED) is 0.458. The Hall–Kier alpha value is -3.62. The van der Waals surface area contributed by atoms with Crippen LogP contribution >= 0.6 is 0 Å². The summed E-state index contributed by atoms with van der Waals surface area (Å²) in [7, 11) is -7.24. The number of phenolic OH excluding ortho intramolecular Hbond substituents is 2. The Morgan fingerprint density at radius 2 is 0.719 bits per heavy atom. The second-order valence-corrected chi connectivity index (χ2v) is 10.4. The average Bonchev–Trinajstić information content (AvgIpc) is 2.81. The van der Waals surface area contributed by atoms with Crippen LogP contribution in [0.2, 0.25) is 0 Å². The molecule has 0 unspecified atom stereocenters. The normalized spacial score (nSPS) is 11.2. The summed E-state index contributed by atoms with van der Waals surface area (Å²) in [5, 5.41) is 19.1. The van der Waals surface area contributed by atoms with Crippen molar-refractivity contribution < 1.29 is 27.0 Å². The van der Waals surface area contributed by atoms with Crippen molar-refractivity contribution in [3.8, 4) is 11.5 Å². The van der Waals surface area contributed by atoms with Gasteiger partial charge in [-0.3, -0.25) is 0 Å². The van der Waals surface area contributed by atoms with Crippen molar-refractivity contribution in [1.29, 1.82) is 0 Å². The van der Waals surface area contributed by atoms with E-state index in [1.54, 1.807) is 60.7 Å². The van der Waals surface area contributed by atoms with Crippen molar-refractivity contribution in [2.24, 2.45) is 0 Å². The van der Waals surface area contributed by atoms with Gasteiger partial charge in [-0.05, 0) is 48.5 Å². The monoisotopic (exact) mass is 468 g/mol. The van der Waals surface area contributed by atoms with Crippen molar-refractivity contribution in [3.63, 3.8) is 0 Å². The highest BCUT2D eigenvalue weighted by atomic mass is 32.2. The molecule has 0 aliphatic rings. The summed E-state index contributed by atoms with van der Waals surface area (Å²) < 4.78 is 48.4. The topological polar surface area (TPSA) is 109 Å². The number of aromatic hydroxyl groups is 2. The molecule has 4 aromatic rings. The Balaban J connectivity index is 0.000000182. The SMILES string of the molecule is O=S(=O)(c1ccccc1)c1ccccc1.O=S(=O)(c1ccccc1O)c1ccccc1O. The maximum absolute atomic E-state index is 12.2. The summed E-state index contributed by atoms with van der Waals surface area (Å²) in [4.78, 5) is 0.218. The molecule has 164 valence electrons. The molecule has 0 saturated carbocycles. The van der Waals surface area contributed by atoms with Crippen LogP contribution in [0.1, 0.15) is 0 Å². The third kappa shape index (κ3) is 4.99. The van der Waals surface area contributed by atoms with Crippen molar-refractivity contribution in [1.82, 2.24) is 0 Å². The van der Waals surface area contributed by atoms with Gasteiger partial charge in [-0.25, -0.2) is 16.8 Å². The van der Waals surface area contributed by atoms with Crippen LogP contribution < -0.4 is 0 Å². The van der Waals surface area contributed by atoms with Crippen LogP contribution in [0.4, 0.5) is 0 Å². The van der Waals surface area contributed by atoms with E-state index >= 15 is 0 Å². The van der Waals surface area contributed by atoms with Gasteiger partial charge in [-0.1, -0.05) is 60.7 Å². The molecule has 0 fully saturated rings. The molecule has 0 aliphatic carbocycles. The van der Waals surface area contributed by atoms with E-state index in [4.69, 9.17) is 0 Å². The number of sulfone groups is 2. The molecule has 4 aromatic carbocycles. The molecule has 6 nitrogen and oxygen atoms in total. The van der Waals surface area contributed by atoms with Gasteiger partial charge in [0.25, 0.3) is 0 Å². The second-order valence-electron chi connectivity index (χ2n) is 6.57. The van der Waals surface area contributed by atoms with Crippen molar-refractivity contribution in [3.05, 3.63) is 109 Å². The fourth-order valence-electron chi connectivity index (χ4n) is 2.82. The Bertz CT molecular complexity index is 1300. The smallest absolute Gasteiger partial charge is 0.213 e. The predicted molar refractivity (Wildman–Crippen MR) is 120 cm³/mol. The van der Waals surface area contributed by atoms with Gasteiger partial charge in [-0.15, -0.1) is 0 Å². The highest BCUT2D eigenvalue weighted by Crippen LogP contribution is 2.32. The molecule has 8 heteroatoms. The molecule has 0 aromatic heterocycles. The van der Waals surface area contributed by atoms with Gasteiger partial charge in [0, 0.05) is 0 Å². The Kier molecular flexibility index (Phi) is 6.97. The number of para-hydroxylation sites is 2. The molecule has 0 radical (unpaired) electrons. The van der Waals surface area contributed by atoms with Gasteiger partial charge < -0.3 is 10.2 Å². The first-order chi connectivity index (χ1) is 15.2. The number of rotatable bonds is 4.